The maximum absolute atomic E-state index is 12.4. The molecule has 0 fully saturated rings. The Hall–Kier alpha value is -3.05. The van der Waals surface area contributed by atoms with Crippen LogP contribution in [0.2, 0.25) is 0 Å². The zero-order valence-corrected chi connectivity index (χ0v) is 17.6. The number of aryl methyl sites for hydroxylation is 3. The van der Waals surface area contributed by atoms with Crippen molar-refractivity contribution in [2.75, 3.05) is 16.4 Å². The van der Waals surface area contributed by atoms with E-state index in [1.807, 2.05) is 81.4 Å². The van der Waals surface area contributed by atoms with Crippen LogP contribution in [0.1, 0.15) is 27.0 Å². The van der Waals surface area contributed by atoms with Gasteiger partial charge in [-0.25, -0.2) is 0 Å². The molecular formula is C24H24N2O2S. The van der Waals surface area contributed by atoms with E-state index in [0.717, 1.165) is 33.0 Å². The topological polar surface area (TPSA) is 58.2 Å². The molecule has 0 aliphatic carbocycles. The van der Waals surface area contributed by atoms with Gasteiger partial charge in [-0.05, 0) is 79.9 Å². The van der Waals surface area contributed by atoms with Crippen LogP contribution in [0.3, 0.4) is 0 Å². The first-order chi connectivity index (χ1) is 13.9. The molecule has 0 bridgehead atoms. The Kier molecular flexibility index (Phi) is 6.73. The molecule has 2 amide bonds. The minimum atomic E-state index is -0.128. The van der Waals surface area contributed by atoms with Crippen molar-refractivity contribution in [3.05, 3.63) is 89.0 Å². The van der Waals surface area contributed by atoms with Gasteiger partial charge in [-0.2, -0.15) is 0 Å². The number of rotatable bonds is 6. The van der Waals surface area contributed by atoms with E-state index in [1.54, 1.807) is 0 Å². The van der Waals surface area contributed by atoms with Crippen molar-refractivity contribution in [2.45, 2.75) is 25.7 Å². The molecule has 0 saturated heterocycles. The van der Waals surface area contributed by atoms with Crippen molar-refractivity contribution < 1.29 is 9.59 Å². The second-order valence-electron chi connectivity index (χ2n) is 7.01. The van der Waals surface area contributed by atoms with Crippen LogP contribution in [0.4, 0.5) is 11.4 Å². The molecule has 29 heavy (non-hydrogen) atoms. The quantitative estimate of drug-likeness (QED) is 0.526. The maximum Gasteiger partial charge on any atom is 0.255 e. The van der Waals surface area contributed by atoms with Crippen LogP contribution in [-0.4, -0.2) is 17.6 Å². The number of hydrogen-bond donors (Lipinski definition) is 2. The molecular weight excluding hydrogens is 380 g/mol. The van der Waals surface area contributed by atoms with Gasteiger partial charge in [0, 0.05) is 21.8 Å². The molecule has 0 unspecified atom stereocenters. The van der Waals surface area contributed by atoms with E-state index in [9.17, 15) is 9.59 Å². The van der Waals surface area contributed by atoms with Crippen LogP contribution in [0.15, 0.2) is 71.6 Å². The molecule has 0 spiro atoms. The maximum atomic E-state index is 12.4. The average molecular weight is 405 g/mol. The highest BCUT2D eigenvalue weighted by atomic mass is 32.2. The zero-order chi connectivity index (χ0) is 20.8. The Labute approximate surface area is 175 Å². The highest BCUT2D eigenvalue weighted by molar-refractivity contribution is 8.00. The van der Waals surface area contributed by atoms with Gasteiger partial charge in [-0.15, -0.1) is 11.8 Å². The lowest BCUT2D eigenvalue weighted by molar-refractivity contribution is -0.113. The number of amides is 2. The summed E-state index contributed by atoms with van der Waals surface area (Å²) < 4.78 is 0. The van der Waals surface area contributed by atoms with E-state index < -0.39 is 0 Å². The zero-order valence-electron chi connectivity index (χ0n) is 16.8. The van der Waals surface area contributed by atoms with Crippen molar-refractivity contribution in [2.24, 2.45) is 0 Å². The fourth-order valence-electron chi connectivity index (χ4n) is 3.05. The number of benzene rings is 3. The normalized spacial score (nSPS) is 10.4. The third-order valence-corrected chi connectivity index (χ3v) is 5.39. The summed E-state index contributed by atoms with van der Waals surface area (Å²) in [7, 11) is 0. The van der Waals surface area contributed by atoms with Crippen molar-refractivity contribution in [1.29, 1.82) is 0 Å². The summed E-state index contributed by atoms with van der Waals surface area (Å²) in [6.45, 7) is 5.94. The summed E-state index contributed by atoms with van der Waals surface area (Å²) in [5, 5.41) is 5.84. The van der Waals surface area contributed by atoms with Crippen molar-refractivity contribution >= 4 is 35.0 Å². The fourth-order valence-corrected chi connectivity index (χ4v) is 3.75. The third-order valence-electron chi connectivity index (χ3n) is 4.38. The van der Waals surface area contributed by atoms with Crippen molar-refractivity contribution in [3.63, 3.8) is 0 Å². The Bertz CT molecular complexity index is 1010. The van der Waals surface area contributed by atoms with Gasteiger partial charge in [0.05, 0.1) is 5.75 Å². The molecule has 5 heteroatoms. The predicted molar refractivity (Wildman–Crippen MR) is 121 cm³/mol. The molecule has 148 valence electrons. The SMILES string of the molecule is Cc1cc(C)cc(NC(=O)CSc2ccc(NC(=O)c3ccccc3C)cc2)c1. The highest BCUT2D eigenvalue weighted by Gasteiger charge is 2.09. The molecule has 0 atom stereocenters. The summed E-state index contributed by atoms with van der Waals surface area (Å²) in [5.41, 5.74) is 5.39. The number of carbonyl (C=O) groups is 2. The van der Waals surface area contributed by atoms with Gasteiger partial charge in [-0.1, -0.05) is 24.3 Å². The summed E-state index contributed by atoms with van der Waals surface area (Å²) >= 11 is 1.46. The smallest absolute Gasteiger partial charge is 0.255 e. The molecule has 3 aromatic rings. The van der Waals surface area contributed by atoms with Crippen LogP contribution >= 0.6 is 11.8 Å². The van der Waals surface area contributed by atoms with Crippen molar-refractivity contribution in [3.8, 4) is 0 Å². The number of nitrogens with one attached hydrogen (secondary N) is 2. The summed E-state index contributed by atoms with van der Waals surface area (Å²) in [6.07, 6.45) is 0. The molecule has 3 rings (SSSR count). The van der Waals surface area contributed by atoms with E-state index in [2.05, 4.69) is 16.7 Å². The molecule has 0 aliphatic heterocycles. The lowest BCUT2D eigenvalue weighted by Gasteiger charge is -2.09. The molecule has 0 saturated carbocycles. The second kappa shape index (κ2) is 9.43. The number of anilines is 2. The van der Waals surface area contributed by atoms with E-state index in [-0.39, 0.29) is 11.8 Å². The van der Waals surface area contributed by atoms with Crippen LogP contribution in [0, 0.1) is 20.8 Å². The Balaban J connectivity index is 1.53. The van der Waals surface area contributed by atoms with E-state index in [4.69, 9.17) is 0 Å². The lowest BCUT2D eigenvalue weighted by Crippen LogP contribution is -2.14. The van der Waals surface area contributed by atoms with Gasteiger partial charge in [0.25, 0.3) is 5.91 Å². The largest absolute Gasteiger partial charge is 0.325 e. The summed E-state index contributed by atoms with van der Waals surface area (Å²) in [4.78, 5) is 25.6. The van der Waals surface area contributed by atoms with Gasteiger partial charge >= 0.3 is 0 Å². The van der Waals surface area contributed by atoms with Crippen LogP contribution in [-0.2, 0) is 4.79 Å². The van der Waals surface area contributed by atoms with Gasteiger partial charge < -0.3 is 10.6 Å². The molecule has 2 N–H and O–H groups in total. The Morgan fingerprint density at radius 3 is 2.10 bits per heavy atom. The van der Waals surface area contributed by atoms with Crippen LogP contribution in [0.5, 0.6) is 0 Å². The molecule has 0 heterocycles. The van der Waals surface area contributed by atoms with Gasteiger partial charge in [0.1, 0.15) is 0 Å². The molecule has 4 nitrogen and oxygen atoms in total. The third kappa shape index (κ3) is 5.96. The summed E-state index contributed by atoms with van der Waals surface area (Å²) in [5.74, 6) is 0.148. The van der Waals surface area contributed by atoms with Crippen LogP contribution < -0.4 is 10.6 Å². The molecule has 0 radical (unpaired) electrons. The Morgan fingerprint density at radius 1 is 0.793 bits per heavy atom. The first-order valence-electron chi connectivity index (χ1n) is 9.39. The van der Waals surface area contributed by atoms with Crippen LogP contribution in [0.25, 0.3) is 0 Å². The number of hydrogen-bond acceptors (Lipinski definition) is 3. The minimum Gasteiger partial charge on any atom is -0.325 e. The first-order valence-corrected chi connectivity index (χ1v) is 10.4. The standard InChI is InChI=1S/C24H24N2O2S/c1-16-12-17(2)14-20(13-16)25-23(27)15-29-21-10-8-19(9-11-21)26-24(28)22-7-5-4-6-18(22)3/h4-14H,15H2,1-3H3,(H,25,27)(H,26,28). The molecule has 0 aliphatic rings. The van der Waals surface area contributed by atoms with Gasteiger partial charge in [-0.3, -0.25) is 9.59 Å². The Morgan fingerprint density at radius 2 is 1.45 bits per heavy atom. The highest BCUT2D eigenvalue weighted by Crippen LogP contribution is 2.22. The summed E-state index contributed by atoms with van der Waals surface area (Å²) in [6, 6.07) is 21.0. The number of thioether (sulfide) groups is 1. The molecule has 3 aromatic carbocycles. The van der Waals surface area contributed by atoms with Gasteiger partial charge in [0.2, 0.25) is 5.91 Å². The monoisotopic (exact) mass is 404 g/mol. The molecule has 0 aromatic heterocycles. The van der Waals surface area contributed by atoms with E-state index >= 15 is 0 Å². The average Bonchev–Trinajstić information content (AvgIpc) is 2.67. The van der Waals surface area contributed by atoms with Gasteiger partial charge in [0.15, 0.2) is 0 Å². The lowest BCUT2D eigenvalue weighted by atomic mass is 10.1. The predicted octanol–water partition coefficient (Wildman–Crippen LogP) is 5.59. The van der Waals surface area contributed by atoms with Crippen molar-refractivity contribution in [1.82, 2.24) is 0 Å². The van der Waals surface area contributed by atoms with E-state index in [1.165, 1.54) is 11.8 Å². The number of carbonyl (C=O) groups excluding carboxylic acids is 2. The first kappa shape index (κ1) is 20.7. The minimum absolute atomic E-state index is 0.0445. The van der Waals surface area contributed by atoms with E-state index in [0.29, 0.717) is 11.3 Å². The fraction of sp³-hybridized carbons (Fsp3) is 0.167. The second-order valence-corrected chi connectivity index (χ2v) is 8.06.